The molecule has 0 spiro atoms. The van der Waals surface area contributed by atoms with Crippen LogP contribution in [-0.2, 0) is 17.9 Å². The van der Waals surface area contributed by atoms with E-state index in [0.717, 1.165) is 84.6 Å². The Morgan fingerprint density at radius 2 is 1.91 bits per heavy atom. The maximum Gasteiger partial charge on any atom is 0.410 e. The first-order chi connectivity index (χ1) is 20.9. The summed E-state index contributed by atoms with van der Waals surface area (Å²) in [6.45, 7) is 10.2. The van der Waals surface area contributed by atoms with Crippen LogP contribution < -0.4 is 9.64 Å². The van der Waals surface area contributed by atoms with Gasteiger partial charge in [-0.1, -0.05) is 30.3 Å². The first-order valence-electron chi connectivity index (χ1n) is 15.4. The summed E-state index contributed by atoms with van der Waals surface area (Å²) in [5.74, 6) is 3.70. The van der Waals surface area contributed by atoms with E-state index < -0.39 is 0 Å². The number of fused-ring (bicyclic) bond motifs is 3. The molecular weight excluding hydrogens is 542 g/mol. The van der Waals surface area contributed by atoms with Crippen LogP contribution in [0.5, 0.6) is 5.75 Å². The molecule has 0 aliphatic carbocycles. The van der Waals surface area contributed by atoms with Gasteiger partial charge in [0, 0.05) is 49.7 Å². The van der Waals surface area contributed by atoms with Crippen molar-refractivity contribution in [1.29, 1.82) is 0 Å². The van der Waals surface area contributed by atoms with Crippen molar-refractivity contribution in [3.63, 3.8) is 0 Å². The summed E-state index contributed by atoms with van der Waals surface area (Å²) in [5, 5.41) is 4.58. The van der Waals surface area contributed by atoms with Gasteiger partial charge in [-0.2, -0.15) is 5.10 Å². The molecule has 1 amide bonds. The number of benzene rings is 2. The first-order valence-corrected chi connectivity index (χ1v) is 15.4. The minimum atomic E-state index is -0.213. The molecule has 43 heavy (non-hydrogen) atoms. The van der Waals surface area contributed by atoms with E-state index in [1.165, 1.54) is 0 Å². The molecule has 3 aliphatic rings. The van der Waals surface area contributed by atoms with Crippen molar-refractivity contribution < 1.29 is 14.3 Å². The second-order valence-corrected chi connectivity index (χ2v) is 12.1. The first kappa shape index (κ1) is 27.5. The quantitative estimate of drug-likeness (QED) is 0.288. The fraction of sp³-hybridized carbons (Fsp3) is 0.455. The molecule has 5 heterocycles. The third kappa shape index (κ3) is 5.34. The van der Waals surface area contributed by atoms with Crippen LogP contribution in [0.4, 0.5) is 10.5 Å². The molecule has 0 saturated carbocycles. The summed E-state index contributed by atoms with van der Waals surface area (Å²) in [7, 11) is 0. The Hall–Kier alpha value is -4.34. The zero-order chi connectivity index (χ0) is 29.5. The smallest absolute Gasteiger partial charge is 0.410 e. The van der Waals surface area contributed by atoms with Gasteiger partial charge < -0.3 is 23.8 Å². The standard InChI is InChI=1S/C33H39N7O3/c1-22(2)40-32(34-23(3)36-40)28-20-37-16-17-42-30-18-26(11-12-27(30)31(37)35-28)39-15-13-29(39)25-10-7-14-38(19-25)33(41)43-21-24-8-5-4-6-9-24/h4-6,8-9,11-12,18,20,22,25,29H,7,10,13-17,19,21H2,1-3H3/t25-,29?/m1/s1. The van der Waals surface area contributed by atoms with Gasteiger partial charge in [0.2, 0.25) is 0 Å². The lowest BCUT2D eigenvalue weighted by molar-refractivity contribution is 0.0717. The maximum absolute atomic E-state index is 12.9. The molecule has 3 aliphatic heterocycles. The zero-order valence-corrected chi connectivity index (χ0v) is 25.1. The van der Waals surface area contributed by atoms with Crippen LogP contribution in [0.15, 0.2) is 54.7 Å². The van der Waals surface area contributed by atoms with Crippen molar-refractivity contribution in [3.8, 4) is 28.7 Å². The summed E-state index contributed by atoms with van der Waals surface area (Å²) >= 11 is 0. The highest BCUT2D eigenvalue weighted by atomic mass is 16.6. The molecule has 0 N–H and O–H groups in total. The Balaban J connectivity index is 1.06. The summed E-state index contributed by atoms with van der Waals surface area (Å²) < 4.78 is 16.0. The van der Waals surface area contributed by atoms with E-state index in [2.05, 4.69) is 57.8 Å². The Labute approximate surface area is 252 Å². The average molecular weight is 582 g/mol. The summed E-state index contributed by atoms with van der Waals surface area (Å²) in [6.07, 6.45) is 5.09. The molecule has 10 heteroatoms. The highest BCUT2D eigenvalue weighted by molar-refractivity contribution is 5.72. The Morgan fingerprint density at radius 3 is 2.70 bits per heavy atom. The monoisotopic (exact) mass is 581 g/mol. The fourth-order valence-corrected chi connectivity index (χ4v) is 6.64. The van der Waals surface area contributed by atoms with Crippen LogP contribution >= 0.6 is 0 Å². The number of anilines is 1. The van der Waals surface area contributed by atoms with Crippen molar-refractivity contribution in [2.45, 2.75) is 65.3 Å². The van der Waals surface area contributed by atoms with Gasteiger partial charge in [-0.3, -0.25) is 0 Å². The number of carbonyl (C=O) groups excluding carboxylic acids is 1. The number of likely N-dealkylation sites (tertiary alicyclic amines) is 1. The van der Waals surface area contributed by atoms with Crippen LogP contribution in [0.3, 0.4) is 0 Å². The number of aromatic nitrogens is 5. The molecule has 1 unspecified atom stereocenters. The average Bonchev–Trinajstić information content (AvgIpc) is 3.55. The molecule has 0 radical (unpaired) electrons. The number of piperidine rings is 1. The molecule has 0 bridgehead atoms. The molecule has 2 atom stereocenters. The van der Waals surface area contributed by atoms with E-state index in [1.54, 1.807) is 0 Å². The second-order valence-electron chi connectivity index (χ2n) is 12.1. The van der Waals surface area contributed by atoms with Crippen molar-refractivity contribution in [1.82, 2.24) is 29.2 Å². The number of amides is 1. The number of hydrogen-bond donors (Lipinski definition) is 0. The zero-order valence-electron chi connectivity index (χ0n) is 25.1. The fourth-order valence-electron chi connectivity index (χ4n) is 6.64. The van der Waals surface area contributed by atoms with E-state index in [4.69, 9.17) is 14.5 Å². The van der Waals surface area contributed by atoms with E-state index in [0.29, 0.717) is 31.7 Å². The third-order valence-electron chi connectivity index (χ3n) is 8.89. The number of carbonyl (C=O) groups is 1. The van der Waals surface area contributed by atoms with Crippen LogP contribution in [0, 0.1) is 12.8 Å². The predicted octanol–water partition coefficient (Wildman–Crippen LogP) is 5.72. The van der Waals surface area contributed by atoms with Crippen molar-refractivity contribution >= 4 is 11.8 Å². The normalized spacial score (nSPS) is 19.7. The number of ether oxygens (including phenoxy) is 2. The molecule has 7 rings (SSSR count). The number of nitrogens with zero attached hydrogens (tertiary/aromatic N) is 7. The topological polar surface area (TPSA) is 90.5 Å². The molecule has 2 aromatic carbocycles. The van der Waals surface area contributed by atoms with Gasteiger partial charge in [-0.15, -0.1) is 0 Å². The van der Waals surface area contributed by atoms with Gasteiger partial charge >= 0.3 is 6.09 Å². The molecule has 4 aromatic rings. The van der Waals surface area contributed by atoms with E-state index in [-0.39, 0.29) is 12.1 Å². The predicted molar refractivity (Wildman–Crippen MR) is 164 cm³/mol. The summed E-state index contributed by atoms with van der Waals surface area (Å²) in [5.41, 5.74) is 3.98. The highest BCUT2D eigenvalue weighted by Crippen LogP contribution is 2.41. The minimum absolute atomic E-state index is 0.191. The van der Waals surface area contributed by atoms with Crippen molar-refractivity contribution in [3.05, 3.63) is 66.1 Å². The van der Waals surface area contributed by atoms with Gasteiger partial charge in [0.1, 0.15) is 36.3 Å². The Morgan fingerprint density at radius 1 is 1.05 bits per heavy atom. The Bertz CT molecular complexity index is 1610. The van der Waals surface area contributed by atoms with Gasteiger partial charge in [0.15, 0.2) is 5.82 Å². The maximum atomic E-state index is 12.9. The number of imidazole rings is 1. The van der Waals surface area contributed by atoms with Gasteiger partial charge in [-0.25, -0.2) is 19.4 Å². The lowest BCUT2D eigenvalue weighted by Gasteiger charge is -2.49. The summed E-state index contributed by atoms with van der Waals surface area (Å²) in [4.78, 5) is 27.0. The Kier molecular flexibility index (Phi) is 7.28. The number of aryl methyl sites for hydroxylation is 1. The van der Waals surface area contributed by atoms with Crippen molar-refractivity contribution in [2.24, 2.45) is 5.92 Å². The van der Waals surface area contributed by atoms with E-state index in [9.17, 15) is 4.79 Å². The largest absolute Gasteiger partial charge is 0.491 e. The lowest BCUT2D eigenvalue weighted by Crippen LogP contribution is -2.56. The van der Waals surface area contributed by atoms with Gasteiger partial charge in [0.25, 0.3) is 0 Å². The second kappa shape index (κ2) is 11.4. The summed E-state index contributed by atoms with van der Waals surface area (Å²) in [6, 6.07) is 16.9. The molecule has 2 saturated heterocycles. The van der Waals surface area contributed by atoms with Gasteiger partial charge in [-0.05, 0) is 63.6 Å². The van der Waals surface area contributed by atoms with Crippen LogP contribution in [0.2, 0.25) is 0 Å². The molecule has 224 valence electrons. The van der Waals surface area contributed by atoms with Crippen LogP contribution in [-0.4, -0.2) is 67.6 Å². The number of hydrogen-bond acceptors (Lipinski definition) is 7. The number of rotatable bonds is 6. The molecule has 2 aromatic heterocycles. The van der Waals surface area contributed by atoms with Crippen molar-refractivity contribution in [2.75, 3.05) is 31.1 Å². The van der Waals surface area contributed by atoms with E-state index in [1.807, 2.05) is 46.8 Å². The van der Waals surface area contributed by atoms with Gasteiger partial charge in [0.05, 0.1) is 12.1 Å². The third-order valence-corrected chi connectivity index (χ3v) is 8.89. The van der Waals surface area contributed by atoms with Crippen LogP contribution in [0.1, 0.15) is 50.5 Å². The SMILES string of the molecule is Cc1nc(-c2cn3c(n2)-c2ccc(N4CCC4[C@@H]4CCCN(C(=O)OCc5ccccc5)C4)cc2OCC3)n(C(C)C)n1. The lowest BCUT2D eigenvalue weighted by atomic mass is 9.83. The molecule has 10 nitrogen and oxygen atoms in total. The molecular formula is C33H39N7O3. The van der Waals surface area contributed by atoms with Crippen LogP contribution in [0.25, 0.3) is 22.9 Å². The highest BCUT2D eigenvalue weighted by Gasteiger charge is 2.39. The molecule has 2 fully saturated rings. The van der Waals surface area contributed by atoms with E-state index >= 15 is 0 Å². The minimum Gasteiger partial charge on any atom is -0.491 e.